The Hall–Kier alpha value is -3.25. The molecule has 1 N–H and O–H groups in total. The summed E-state index contributed by atoms with van der Waals surface area (Å²) >= 11 is 5.98. The molecule has 0 spiro atoms. The van der Waals surface area contributed by atoms with Crippen molar-refractivity contribution in [2.75, 3.05) is 31.6 Å². The number of pyridine rings is 1. The molecule has 186 valence electrons. The molecule has 0 radical (unpaired) electrons. The minimum atomic E-state index is -0.582. The fourth-order valence-corrected chi connectivity index (χ4v) is 5.38. The van der Waals surface area contributed by atoms with Gasteiger partial charge in [-0.25, -0.2) is 4.68 Å². The smallest absolute Gasteiger partial charge is 0.259 e. The number of amides is 1. The average molecular weight is 505 g/mol. The van der Waals surface area contributed by atoms with Crippen LogP contribution >= 0.6 is 11.6 Å². The van der Waals surface area contributed by atoms with Crippen LogP contribution in [-0.2, 0) is 10.2 Å². The Bertz CT molecular complexity index is 1250. The van der Waals surface area contributed by atoms with Crippen molar-refractivity contribution in [3.8, 4) is 11.8 Å². The number of morpholine rings is 1. The van der Waals surface area contributed by atoms with Crippen LogP contribution in [0.4, 0.5) is 5.69 Å². The van der Waals surface area contributed by atoms with E-state index in [0.717, 1.165) is 69.1 Å². The molecular weight excluding hydrogens is 476 g/mol. The Morgan fingerprint density at radius 3 is 2.50 bits per heavy atom. The summed E-state index contributed by atoms with van der Waals surface area (Å²) in [6, 6.07) is 14.0. The summed E-state index contributed by atoms with van der Waals surface area (Å²) < 4.78 is 7.18. The molecule has 1 amide bonds. The summed E-state index contributed by atoms with van der Waals surface area (Å²) in [5, 5.41) is 18.0. The van der Waals surface area contributed by atoms with Crippen LogP contribution in [0.5, 0.6) is 0 Å². The second kappa shape index (κ2) is 10.4. The zero-order valence-corrected chi connectivity index (χ0v) is 21.0. The third kappa shape index (κ3) is 4.87. The fourth-order valence-electron chi connectivity index (χ4n) is 5.25. The van der Waals surface area contributed by atoms with Crippen LogP contribution in [-0.4, -0.2) is 57.9 Å². The predicted molar refractivity (Wildman–Crippen MR) is 137 cm³/mol. The lowest BCUT2D eigenvalue weighted by molar-refractivity contribution is 0.00493. The summed E-state index contributed by atoms with van der Waals surface area (Å²) in [6.07, 6.45) is 6.72. The van der Waals surface area contributed by atoms with E-state index in [1.165, 1.54) is 0 Å². The Kier molecular flexibility index (Phi) is 7.06. The highest BCUT2D eigenvalue weighted by molar-refractivity contribution is 6.30. The first-order valence-corrected chi connectivity index (χ1v) is 12.7. The number of ether oxygens (including phenoxy) is 1. The molecule has 1 aromatic carbocycles. The van der Waals surface area contributed by atoms with E-state index in [2.05, 4.69) is 26.4 Å². The number of carbonyl (C=O) groups is 1. The molecule has 9 heteroatoms. The predicted octanol–water partition coefficient (Wildman–Crippen LogP) is 4.52. The van der Waals surface area contributed by atoms with Gasteiger partial charge in [-0.2, -0.15) is 10.4 Å². The number of anilines is 1. The third-order valence-corrected chi connectivity index (χ3v) is 7.67. The van der Waals surface area contributed by atoms with Gasteiger partial charge in [0.05, 0.1) is 65.4 Å². The van der Waals surface area contributed by atoms with Crippen LogP contribution in [0.2, 0.25) is 5.02 Å². The van der Waals surface area contributed by atoms with E-state index in [-0.39, 0.29) is 5.91 Å². The number of nitrogens with zero attached hydrogens (tertiary/aromatic N) is 5. The van der Waals surface area contributed by atoms with Gasteiger partial charge in [0, 0.05) is 24.2 Å². The number of halogens is 1. The molecule has 8 nitrogen and oxygen atoms in total. The monoisotopic (exact) mass is 504 g/mol. The van der Waals surface area contributed by atoms with Gasteiger partial charge in [0.15, 0.2) is 0 Å². The first-order valence-electron chi connectivity index (χ1n) is 12.3. The van der Waals surface area contributed by atoms with E-state index < -0.39 is 5.41 Å². The van der Waals surface area contributed by atoms with Crippen LogP contribution < -0.4 is 5.32 Å². The number of nitrogens with one attached hydrogen (secondary N) is 1. The van der Waals surface area contributed by atoms with E-state index in [1.54, 1.807) is 29.2 Å². The molecule has 0 unspecified atom stereocenters. The highest BCUT2D eigenvalue weighted by atomic mass is 35.5. The highest BCUT2D eigenvalue weighted by Gasteiger charge is 2.40. The molecule has 36 heavy (non-hydrogen) atoms. The summed E-state index contributed by atoms with van der Waals surface area (Å²) in [6.45, 7) is 5.36. The van der Waals surface area contributed by atoms with Crippen molar-refractivity contribution in [2.24, 2.45) is 0 Å². The van der Waals surface area contributed by atoms with Gasteiger partial charge < -0.3 is 10.1 Å². The van der Waals surface area contributed by atoms with Crippen LogP contribution in [0.3, 0.4) is 0 Å². The van der Waals surface area contributed by atoms with Crippen molar-refractivity contribution < 1.29 is 9.53 Å². The second-order valence-corrected chi connectivity index (χ2v) is 9.93. The van der Waals surface area contributed by atoms with E-state index in [0.29, 0.717) is 22.3 Å². The molecule has 5 rings (SSSR count). The summed E-state index contributed by atoms with van der Waals surface area (Å²) in [5.74, 6) is -0.261. The van der Waals surface area contributed by atoms with Gasteiger partial charge in [0.2, 0.25) is 0 Å². The minimum absolute atomic E-state index is 0.261. The van der Waals surface area contributed by atoms with Crippen LogP contribution in [0.15, 0.2) is 48.8 Å². The number of hydrogen-bond donors (Lipinski definition) is 1. The zero-order valence-electron chi connectivity index (χ0n) is 20.3. The summed E-state index contributed by atoms with van der Waals surface area (Å²) in [7, 11) is 0. The van der Waals surface area contributed by atoms with Crippen LogP contribution in [0.25, 0.3) is 5.69 Å². The van der Waals surface area contributed by atoms with Crippen molar-refractivity contribution >= 4 is 23.2 Å². The average Bonchev–Trinajstić information content (AvgIpc) is 3.31. The molecule has 1 saturated carbocycles. The minimum Gasteiger partial charge on any atom is -0.379 e. The van der Waals surface area contributed by atoms with Crippen molar-refractivity contribution in [3.63, 3.8) is 0 Å². The lowest BCUT2D eigenvalue weighted by Gasteiger charge is -2.41. The van der Waals surface area contributed by atoms with E-state index in [4.69, 9.17) is 16.3 Å². The normalized spacial score (nSPS) is 22.6. The van der Waals surface area contributed by atoms with Crippen molar-refractivity contribution in [1.29, 1.82) is 5.26 Å². The molecule has 2 aromatic heterocycles. The van der Waals surface area contributed by atoms with Crippen molar-refractivity contribution in [3.05, 3.63) is 70.8 Å². The summed E-state index contributed by atoms with van der Waals surface area (Å²) in [4.78, 5) is 20.0. The van der Waals surface area contributed by atoms with Gasteiger partial charge >= 0.3 is 0 Å². The molecule has 2 aliphatic rings. The Balaban J connectivity index is 1.25. The van der Waals surface area contributed by atoms with Gasteiger partial charge in [-0.3, -0.25) is 14.7 Å². The number of hydrogen-bond acceptors (Lipinski definition) is 6. The van der Waals surface area contributed by atoms with Gasteiger partial charge in [0.25, 0.3) is 5.91 Å². The maximum atomic E-state index is 12.9. The molecule has 1 aliphatic heterocycles. The molecular formula is C27H29ClN6O2. The lowest BCUT2D eigenvalue weighted by atomic mass is 9.71. The number of rotatable bonds is 5. The number of nitriles is 1. The third-order valence-electron chi connectivity index (χ3n) is 7.42. The molecule has 0 bridgehead atoms. The molecule has 2 fully saturated rings. The molecule has 0 atom stereocenters. The van der Waals surface area contributed by atoms with Gasteiger partial charge in [-0.15, -0.1) is 0 Å². The largest absolute Gasteiger partial charge is 0.379 e. The maximum Gasteiger partial charge on any atom is 0.259 e. The quantitative estimate of drug-likeness (QED) is 0.549. The Morgan fingerprint density at radius 1 is 1.14 bits per heavy atom. The first-order chi connectivity index (χ1) is 17.5. The Morgan fingerprint density at radius 2 is 1.86 bits per heavy atom. The maximum absolute atomic E-state index is 12.9. The van der Waals surface area contributed by atoms with Gasteiger partial charge in [0.1, 0.15) is 0 Å². The van der Waals surface area contributed by atoms with Gasteiger partial charge in [-0.1, -0.05) is 11.6 Å². The summed E-state index contributed by atoms with van der Waals surface area (Å²) in [5.41, 5.74) is 2.80. The molecule has 3 aromatic rings. The SMILES string of the molecule is Cc1c(C(=O)Nc2ccc([C@]3(C#N)CC[C@@H](N4CCOCC4)CC3)nc2)cnn1-c1ccc(Cl)cc1. The number of aromatic nitrogens is 3. The number of carbonyl (C=O) groups excluding carboxylic acids is 1. The van der Waals surface area contributed by atoms with Gasteiger partial charge in [-0.05, 0) is 69.0 Å². The molecule has 1 saturated heterocycles. The highest BCUT2D eigenvalue weighted by Crippen LogP contribution is 2.40. The van der Waals surface area contributed by atoms with Crippen molar-refractivity contribution in [1.82, 2.24) is 19.7 Å². The molecule has 1 aliphatic carbocycles. The Labute approximate surface area is 215 Å². The first kappa shape index (κ1) is 24.4. The topological polar surface area (TPSA) is 96.1 Å². The lowest BCUT2D eigenvalue weighted by Crippen LogP contribution is -2.47. The number of benzene rings is 1. The van der Waals surface area contributed by atoms with Crippen LogP contribution in [0, 0.1) is 18.3 Å². The van der Waals surface area contributed by atoms with E-state index in [1.807, 2.05) is 31.2 Å². The molecule has 3 heterocycles. The van der Waals surface area contributed by atoms with E-state index >= 15 is 0 Å². The van der Waals surface area contributed by atoms with Crippen molar-refractivity contribution in [2.45, 2.75) is 44.1 Å². The second-order valence-electron chi connectivity index (χ2n) is 9.49. The van der Waals surface area contributed by atoms with Crippen LogP contribution in [0.1, 0.15) is 47.4 Å². The standard InChI is InChI=1S/C27H29ClN6O2/c1-19-24(17-31-34(19)23-5-2-20(28)3-6-23)26(35)32-21-4-7-25(30-16-21)27(18-29)10-8-22(9-11-27)33-12-14-36-15-13-33/h2-7,16-17,22H,8-15H2,1H3,(H,32,35)/t22-,27-. The fraction of sp³-hybridized carbons (Fsp3) is 0.407. The zero-order chi connectivity index (χ0) is 25.1. The van der Waals surface area contributed by atoms with E-state index in [9.17, 15) is 10.1 Å².